The van der Waals surface area contributed by atoms with Crippen molar-refractivity contribution >= 4 is 40.0 Å². The summed E-state index contributed by atoms with van der Waals surface area (Å²) in [7, 11) is 0. The minimum atomic E-state index is -0.404. The number of carbonyl (C=O) groups is 2. The van der Waals surface area contributed by atoms with E-state index in [0.717, 1.165) is 33.5 Å². The van der Waals surface area contributed by atoms with Gasteiger partial charge in [0.25, 0.3) is 5.91 Å². The molecule has 0 bridgehead atoms. The van der Waals surface area contributed by atoms with Gasteiger partial charge >= 0.3 is 0 Å². The van der Waals surface area contributed by atoms with Gasteiger partial charge in [0, 0.05) is 33.8 Å². The van der Waals surface area contributed by atoms with Crippen molar-refractivity contribution in [2.45, 2.75) is 26.7 Å². The summed E-state index contributed by atoms with van der Waals surface area (Å²) in [6.07, 6.45) is 0.690. The summed E-state index contributed by atoms with van der Waals surface area (Å²) in [5, 5.41) is 6.17. The highest BCUT2D eigenvalue weighted by Crippen LogP contribution is 2.22. The van der Waals surface area contributed by atoms with Gasteiger partial charge in [0.1, 0.15) is 0 Å². The molecule has 4 aromatic rings. The molecule has 0 fully saturated rings. The summed E-state index contributed by atoms with van der Waals surface area (Å²) in [5.74, 6) is -0.694. The van der Waals surface area contributed by atoms with Crippen molar-refractivity contribution in [1.82, 2.24) is 25.4 Å². The van der Waals surface area contributed by atoms with Crippen molar-refractivity contribution < 1.29 is 9.59 Å². The van der Waals surface area contributed by atoms with Gasteiger partial charge in [-0.1, -0.05) is 23.7 Å². The van der Waals surface area contributed by atoms with E-state index < -0.39 is 5.91 Å². The molecule has 0 radical (unpaired) electrons. The largest absolute Gasteiger partial charge is 0.273 e. The van der Waals surface area contributed by atoms with Crippen molar-refractivity contribution in [3.8, 4) is 0 Å². The molecule has 0 aliphatic rings. The van der Waals surface area contributed by atoms with E-state index in [4.69, 9.17) is 16.6 Å². The zero-order chi connectivity index (χ0) is 21.3. The van der Waals surface area contributed by atoms with E-state index in [-0.39, 0.29) is 12.3 Å². The number of hydrazine groups is 1. The summed E-state index contributed by atoms with van der Waals surface area (Å²) >= 11 is 5.82. The molecule has 2 aromatic heterocycles. The number of carbonyl (C=O) groups excluding carboxylic acids is 2. The summed E-state index contributed by atoms with van der Waals surface area (Å²) in [6.45, 7) is 3.91. The molecule has 2 N–H and O–H groups in total. The molecule has 4 rings (SSSR count). The summed E-state index contributed by atoms with van der Waals surface area (Å²) in [5.41, 5.74) is 9.75. The normalized spacial score (nSPS) is 11.0. The minimum absolute atomic E-state index is 0.205. The molecule has 2 amide bonds. The molecule has 0 aliphatic heterocycles. The lowest BCUT2D eigenvalue weighted by Crippen LogP contribution is -2.41. The quantitative estimate of drug-likeness (QED) is 0.493. The van der Waals surface area contributed by atoms with Crippen LogP contribution in [0.5, 0.6) is 0 Å². The first kappa shape index (κ1) is 19.8. The first-order valence-corrected chi connectivity index (χ1v) is 9.90. The van der Waals surface area contributed by atoms with Crippen molar-refractivity contribution in [2.24, 2.45) is 0 Å². The van der Waals surface area contributed by atoms with Gasteiger partial charge in [-0.25, -0.2) is 9.50 Å². The molecule has 2 heterocycles. The van der Waals surface area contributed by atoms with Crippen molar-refractivity contribution in [2.75, 3.05) is 0 Å². The second kappa shape index (κ2) is 8.12. The smallest absolute Gasteiger partial charge is 0.269 e. The van der Waals surface area contributed by atoms with Gasteiger partial charge in [0.15, 0.2) is 5.65 Å². The Morgan fingerprint density at radius 1 is 1.03 bits per heavy atom. The van der Waals surface area contributed by atoms with Gasteiger partial charge in [0.2, 0.25) is 5.91 Å². The number of nitrogens with one attached hydrogen (secondary N) is 2. The second-order valence-corrected chi connectivity index (χ2v) is 7.46. The van der Waals surface area contributed by atoms with Crippen LogP contribution in [0.1, 0.15) is 33.7 Å². The van der Waals surface area contributed by atoms with Crippen LogP contribution in [0.15, 0.2) is 48.5 Å². The fourth-order valence-electron chi connectivity index (χ4n) is 3.44. The molecule has 2 aromatic carbocycles. The predicted molar refractivity (Wildman–Crippen MR) is 115 cm³/mol. The molecule has 8 heteroatoms. The van der Waals surface area contributed by atoms with E-state index in [1.807, 2.05) is 42.6 Å². The number of rotatable bonds is 4. The molecule has 0 spiro atoms. The average Bonchev–Trinajstić information content (AvgIpc) is 3.11. The molecular formula is C22H20ClN5O2. The number of halogens is 1. The van der Waals surface area contributed by atoms with Gasteiger partial charge in [-0.05, 0) is 62.2 Å². The summed E-state index contributed by atoms with van der Waals surface area (Å²) in [6, 6.07) is 14.3. The zero-order valence-electron chi connectivity index (χ0n) is 16.6. The van der Waals surface area contributed by atoms with Gasteiger partial charge < -0.3 is 0 Å². The molecule has 0 atom stereocenters. The Balaban J connectivity index is 1.44. The zero-order valence-corrected chi connectivity index (χ0v) is 17.3. The molecule has 0 saturated heterocycles. The van der Waals surface area contributed by atoms with Crippen LogP contribution in [-0.4, -0.2) is 26.4 Å². The highest BCUT2D eigenvalue weighted by Gasteiger charge is 2.15. The van der Waals surface area contributed by atoms with Gasteiger partial charge in [-0.2, -0.15) is 5.10 Å². The Morgan fingerprint density at radius 2 is 1.77 bits per heavy atom. The second-order valence-electron chi connectivity index (χ2n) is 7.02. The third-order valence-electron chi connectivity index (χ3n) is 5.04. The van der Waals surface area contributed by atoms with Crippen LogP contribution in [0.25, 0.3) is 16.6 Å². The summed E-state index contributed by atoms with van der Waals surface area (Å²) < 4.78 is 1.83. The molecular weight excluding hydrogens is 402 g/mol. The topological polar surface area (TPSA) is 88.4 Å². The van der Waals surface area contributed by atoms with E-state index in [2.05, 4.69) is 16.0 Å². The Kier molecular flexibility index (Phi) is 5.37. The highest BCUT2D eigenvalue weighted by molar-refractivity contribution is 6.30. The third kappa shape index (κ3) is 3.84. The number of hydrogen-bond donors (Lipinski definition) is 2. The van der Waals surface area contributed by atoms with Crippen LogP contribution in [0.4, 0.5) is 0 Å². The standard InChI is InChI=1S/C22H20ClN5O2/c1-13-17(14(2)28-21(24-13)18-5-3-4-6-19(18)27-28)11-12-20(29)25-26-22(30)15-7-9-16(23)10-8-15/h3-10H,11-12H2,1-2H3,(H,25,29)(H,26,30). The Labute approximate surface area is 178 Å². The number of hydrogen-bond acceptors (Lipinski definition) is 4. The molecule has 30 heavy (non-hydrogen) atoms. The summed E-state index contributed by atoms with van der Waals surface area (Å²) in [4.78, 5) is 29.0. The van der Waals surface area contributed by atoms with Crippen LogP contribution in [0.3, 0.4) is 0 Å². The molecule has 0 unspecified atom stereocenters. The first-order valence-electron chi connectivity index (χ1n) is 9.52. The fraction of sp³-hybridized carbons (Fsp3) is 0.182. The van der Waals surface area contributed by atoms with Crippen molar-refractivity contribution in [1.29, 1.82) is 0 Å². The number of nitrogens with zero attached hydrogens (tertiary/aromatic N) is 3. The van der Waals surface area contributed by atoms with E-state index in [0.29, 0.717) is 17.0 Å². The number of benzene rings is 2. The molecule has 0 aliphatic carbocycles. The third-order valence-corrected chi connectivity index (χ3v) is 5.29. The van der Waals surface area contributed by atoms with Gasteiger partial charge in [-0.15, -0.1) is 0 Å². The van der Waals surface area contributed by atoms with E-state index >= 15 is 0 Å². The van der Waals surface area contributed by atoms with Gasteiger partial charge in [0.05, 0.1) is 5.52 Å². The lowest BCUT2D eigenvalue weighted by atomic mass is 10.1. The lowest BCUT2D eigenvalue weighted by molar-refractivity contribution is -0.121. The predicted octanol–water partition coefficient (Wildman–Crippen LogP) is 3.55. The van der Waals surface area contributed by atoms with Crippen LogP contribution in [0, 0.1) is 13.8 Å². The Hall–Kier alpha value is -3.45. The maximum absolute atomic E-state index is 12.2. The van der Waals surface area contributed by atoms with E-state index in [9.17, 15) is 9.59 Å². The number of aromatic nitrogens is 3. The van der Waals surface area contributed by atoms with Crippen molar-refractivity contribution in [3.05, 3.63) is 76.1 Å². The van der Waals surface area contributed by atoms with Crippen LogP contribution >= 0.6 is 11.6 Å². The maximum Gasteiger partial charge on any atom is 0.269 e. The number of fused-ring (bicyclic) bond motifs is 3. The average molecular weight is 422 g/mol. The number of aryl methyl sites for hydroxylation is 2. The highest BCUT2D eigenvalue weighted by atomic mass is 35.5. The Morgan fingerprint density at radius 3 is 2.53 bits per heavy atom. The molecule has 0 saturated carbocycles. The van der Waals surface area contributed by atoms with Crippen LogP contribution in [0.2, 0.25) is 5.02 Å². The monoisotopic (exact) mass is 421 g/mol. The first-order chi connectivity index (χ1) is 14.4. The van der Waals surface area contributed by atoms with Crippen molar-refractivity contribution in [3.63, 3.8) is 0 Å². The van der Waals surface area contributed by atoms with Gasteiger partial charge in [-0.3, -0.25) is 20.4 Å². The fourth-order valence-corrected chi connectivity index (χ4v) is 3.57. The minimum Gasteiger partial charge on any atom is -0.273 e. The molecule has 152 valence electrons. The molecule has 7 nitrogen and oxygen atoms in total. The lowest BCUT2D eigenvalue weighted by Gasteiger charge is -2.12. The SMILES string of the molecule is Cc1nc2c3ccccc3nn2c(C)c1CCC(=O)NNC(=O)c1ccc(Cl)cc1. The van der Waals surface area contributed by atoms with E-state index in [1.165, 1.54) is 0 Å². The van der Waals surface area contributed by atoms with Crippen LogP contribution in [-0.2, 0) is 11.2 Å². The van der Waals surface area contributed by atoms with Crippen LogP contribution < -0.4 is 10.9 Å². The Bertz CT molecular complexity index is 1260. The number of amides is 2. The van der Waals surface area contributed by atoms with E-state index in [1.54, 1.807) is 24.3 Å². The maximum atomic E-state index is 12.2.